The summed E-state index contributed by atoms with van der Waals surface area (Å²) in [5.74, 6) is 1.18. The van der Waals surface area contributed by atoms with Crippen LogP contribution in [0.2, 0.25) is 0 Å². The van der Waals surface area contributed by atoms with Crippen LogP contribution in [0.4, 0.5) is 0 Å². The Kier molecular flexibility index (Phi) is 5.27. The van der Waals surface area contributed by atoms with Gasteiger partial charge in [-0.15, -0.1) is 5.10 Å². The van der Waals surface area contributed by atoms with Crippen LogP contribution in [-0.4, -0.2) is 39.4 Å². The van der Waals surface area contributed by atoms with Gasteiger partial charge in [0, 0.05) is 18.0 Å². The third kappa shape index (κ3) is 4.23. The minimum absolute atomic E-state index is 0.0449. The van der Waals surface area contributed by atoms with Crippen molar-refractivity contribution in [1.82, 2.24) is 15.1 Å². The SMILES string of the molecule is CCOc1ccc(C=NN=C2NC(=O)CS2)cc1Cn1cccn1. The van der Waals surface area contributed by atoms with E-state index in [1.165, 1.54) is 11.8 Å². The summed E-state index contributed by atoms with van der Waals surface area (Å²) in [7, 11) is 0. The number of carbonyl (C=O) groups is 1. The highest BCUT2D eigenvalue weighted by molar-refractivity contribution is 8.15. The number of carbonyl (C=O) groups excluding carboxylic acids is 1. The van der Waals surface area contributed by atoms with Gasteiger partial charge < -0.3 is 10.1 Å². The Morgan fingerprint density at radius 3 is 3.12 bits per heavy atom. The van der Waals surface area contributed by atoms with Gasteiger partial charge in [-0.3, -0.25) is 9.48 Å². The lowest BCUT2D eigenvalue weighted by molar-refractivity contribution is -0.116. The lowest BCUT2D eigenvalue weighted by Crippen LogP contribution is -2.19. The van der Waals surface area contributed by atoms with E-state index in [0.717, 1.165) is 16.9 Å². The van der Waals surface area contributed by atoms with Crippen LogP contribution in [0, 0.1) is 0 Å². The Balaban J connectivity index is 1.77. The van der Waals surface area contributed by atoms with E-state index in [1.807, 2.05) is 42.1 Å². The molecule has 124 valence electrons. The van der Waals surface area contributed by atoms with Crippen molar-refractivity contribution in [3.05, 3.63) is 47.8 Å². The van der Waals surface area contributed by atoms with Crippen molar-refractivity contribution < 1.29 is 9.53 Å². The predicted octanol–water partition coefficient (Wildman–Crippen LogP) is 1.88. The summed E-state index contributed by atoms with van der Waals surface area (Å²) < 4.78 is 7.51. The predicted molar refractivity (Wildman–Crippen MR) is 94.6 cm³/mol. The van der Waals surface area contributed by atoms with Gasteiger partial charge in [-0.2, -0.15) is 10.2 Å². The smallest absolute Gasteiger partial charge is 0.236 e. The number of nitrogens with one attached hydrogen (secondary N) is 1. The van der Waals surface area contributed by atoms with Crippen molar-refractivity contribution in [2.45, 2.75) is 13.5 Å². The van der Waals surface area contributed by atoms with Crippen molar-refractivity contribution in [2.24, 2.45) is 10.2 Å². The van der Waals surface area contributed by atoms with Gasteiger partial charge in [0.1, 0.15) is 5.75 Å². The van der Waals surface area contributed by atoms with Crippen molar-refractivity contribution in [3.8, 4) is 5.75 Å². The third-order valence-corrected chi connectivity index (χ3v) is 4.08. The van der Waals surface area contributed by atoms with Gasteiger partial charge in [-0.1, -0.05) is 11.8 Å². The lowest BCUT2D eigenvalue weighted by atomic mass is 10.1. The molecule has 8 heteroatoms. The molecule has 3 rings (SSSR count). The summed E-state index contributed by atoms with van der Waals surface area (Å²) >= 11 is 1.34. The Hall–Kier alpha value is -2.61. The number of ether oxygens (including phenoxy) is 1. The molecule has 0 radical (unpaired) electrons. The highest BCUT2D eigenvalue weighted by Crippen LogP contribution is 2.21. The average molecular weight is 343 g/mol. The summed E-state index contributed by atoms with van der Waals surface area (Å²) in [6.07, 6.45) is 5.30. The molecule has 0 aliphatic carbocycles. The number of hydrogen-bond acceptors (Lipinski definition) is 6. The van der Waals surface area contributed by atoms with Crippen LogP contribution in [-0.2, 0) is 11.3 Å². The second kappa shape index (κ2) is 7.78. The highest BCUT2D eigenvalue weighted by atomic mass is 32.2. The molecule has 0 spiro atoms. The Bertz CT molecular complexity index is 771. The van der Waals surface area contributed by atoms with E-state index >= 15 is 0 Å². The van der Waals surface area contributed by atoms with Crippen molar-refractivity contribution in [3.63, 3.8) is 0 Å². The van der Waals surface area contributed by atoms with Crippen LogP contribution in [0.3, 0.4) is 0 Å². The average Bonchev–Trinajstić information content (AvgIpc) is 3.22. The molecule has 1 fully saturated rings. The van der Waals surface area contributed by atoms with Gasteiger partial charge >= 0.3 is 0 Å². The fourth-order valence-corrected chi connectivity index (χ4v) is 2.83. The van der Waals surface area contributed by atoms with Crippen molar-refractivity contribution >= 4 is 29.1 Å². The van der Waals surface area contributed by atoms with Crippen LogP contribution in [0.15, 0.2) is 46.9 Å². The van der Waals surface area contributed by atoms with Crippen LogP contribution < -0.4 is 10.1 Å². The van der Waals surface area contributed by atoms with Gasteiger partial charge in [0.05, 0.1) is 25.1 Å². The summed E-state index contributed by atoms with van der Waals surface area (Å²) in [6, 6.07) is 7.72. The van der Waals surface area contributed by atoms with Crippen molar-refractivity contribution in [1.29, 1.82) is 0 Å². The molecular formula is C16H17N5O2S. The van der Waals surface area contributed by atoms with E-state index in [4.69, 9.17) is 4.74 Å². The minimum Gasteiger partial charge on any atom is -0.494 e. The molecule has 7 nitrogen and oxygen atoms in total. The number of benzene rings is 1. The van der Waals surface area contributed by atoms with Crippen molar-refractivity contribution in [2.75, 3.05) is 12.4 Å². The number of amidine groups is 1. The first kappa shape index (κ1) is 16.3. The summed E-state index contributed by atoms with van der Waals surface area (Å²) in [5.41, 5.74) is 1.92. The van der Waals surface area contributed by atoms with E-state index in [2.05, 4.69) is 20.6 Å². The summed E-state index contributed by atoms with van der Waals surface area (Å²) in [4.78, 5) is 11.1. The Morgan fingerprint density at radius 1 is 1.50 bits per heavy atom. The number of amides is 1. The van der Waals surface area contributed by atoms with Gasteiger partial charge in [0.2, 0.25) is 5.91 Å². The standard InChI is InChI=1S/C16H17N5O2S/c1-2-23-14-5-4-12(8-13(14)10-21-7-3-6-18-21)9-17-20-16-19-15(22)11-24-16/h3-9H,2,10-11H2,1H3,(H,19,20,22). The van der Waals surface area contributed by atoms with Crippen LogP contribution in [0.25, 0.3) is 0 Å². The molecule has 0 atom stereocenters. The van der Waals surface area contributed by atoms with Crippen LogP contribution in [0.5, 0.6) is 5.75 Å². The molecule has 1 saturated heterocycles. The number of aromatic nitrogens is 2. The minimum atomic E-state index is -0.0449. The molecule has 0 unspecified atom stereocenters. The third-order valence-electron chi connectivity index (χ3n) is 3.22. The maximum atomic E-state index is 11.1. The Labute approximate surface area is 143 Å². The first-order valence-corrected chi connectivity index (χ1v) is 8.50. The van der Waals surface area contributed by atoms with E-state index in [1.54, 1.807) is 12.4 Å². The van der Waals surface area contributed by atoms with E-state index in [-0.39, 0.29) is 5.91 Å². The molecule has 0 saturated carbocycles. The van der Waals surface area contributed by atoms with E-state index in [0.29, 0.717) is 24.1 Å². The maximum Gasteiger partial charge on any atom is 0.236 e. The lowest BCUT2D eigenvalue weighted by Gasteiger charge is -2.11. The maximum absolute atomic E-state index is 11.1. The molecule has 1 aromatic heterocycles. The van der Waals surface area contributed by atoms with Gasteiger partial charge in [-0.05, 0) is 36.8 Å². The zero-order chi connectivity index (χ0) is 16.8. The molecule has 0 bridgehead atoms. The highest BCUT2D eigenvalue weighted by Gasteiger charge is 2.15. The largest absolute Gasteiger partial charge is 0.494 e. The Morgan fingerprint density at radius 2 is 2.42 bits per heavy atom. The number of hydrogen-bond donors (Lipinski definition) is 1. The number of thioether (sulfide) groups is 1. The fourth-order valence-electron chi connectivity index (χ4n) is 2.20. The normalized spacial score (nSPS) is 16.0. The van der Waals surface area contributed by atoms with E-state index < -0.39 is 0 Å². The number of rotatable bonds is 6. The molecule has 1 aliphatic heterocycles. The monoisotopic (exact) mass is 343 g/mol. The van der Waals surface area contributed by atoms with Gasteiger partial charge in [0.15, 0.2) is 5.17 Å². The molecule has 24 heavy (non-hydrogen) atoms. The zero-order valence-corrected chi connectivity index (χ0v) is 14.0. The number of nitrogens with zero attached hydrogens (tertiary/aromatic N) is 4. The molecule has 1 aliphatic rings. The molecule has 1 N–H and O–H groups in total. The fraction of sp³-hybridized carbons (Fsp3) is 0.250. The van der Waals surface area contributed by atoms with Crippen LogP contribution in [0.1, 0.15) is 18.1 Å². The first-order chi connectivity index (χ1) is 11.7. The summed E-state index contributed by atoms with van der Waals surface area (Å²) in [5, 5.41) is 15.4. The van der Waals surface area contributed by atoms with E-state index in [9.17, 15) is 4.79 Å². The molecule has 1 amide bonds. The second-order valence-electron chi connectivity index (χ2n) is 4.99. The van der Waals surface area contributed by atoms with Gasteiger partial charge in [0.25, 0.3) is 0 Å². The van der Waals surface area contributed by atoms with Gasteiger partial charge in [-0.25, -0.2) is 0 Å². The summed E-state index contributed by atoms with van der Waals surface area (Å²) in [6.45, 7) is 3.17. The second-order valence-corrected chi connectivity index (χ2v) is 5.95. The zero-order valence-electron chi connectivity index (χ0n) is 13.2. The first-order valence-electron chi connectivity index (χ1n) is 7.51. The molecule has 2 heterocycles. The molecule has 2 aromatic rings. The quantitative estimate of drug-likeness (QED) is 0.641. The molecule has 1 aromatic carbocycles. The topological polar surface area (TPSA) is 80.9 Å². The molecular weight excluding hydrogens is 326 g/mol. The van der Waals surface area contributed by atoms with Crippen LogP contribution >= 0.6 is 11.8 Å².